The zero-order chi connectivity index (χ0) is 15.3. The zero-order valence-corrected chi connectivity index (χ0v) is 14.4. The molecule has 2 rings (SSSR count). The number of nitrogens with two attached hydrogens (primary N) is 1. The Labute approximate surface area is 143 Å². The summed E-state index contributed by atoms with van der Waals surface area (Å²) in [6.45, 7) is 2.99. The molecule has 1 saturated carbocycles. The second-order valence-corrected chi connectivity index (χ2v) is 6.23. The number of ether oxygens (including phenoxy) is 1. The average Bonchev–Trinajstić information content (AvgIpc) is 3.30. The van der Waals surface area contributed by atoms with Crippen LogP contribution in [0.15, 0.2) is 24.3 Å². The van der Waals surface area contributed by atoms with Gasteiger partial charge in [-0.1, -0.05) is 23.7 Å². The van der Waals surface area contributed by atoms with Crippen LogP contribution in [0.2, 0.25) is 5.02 Å². The van der Waals surface area contributed by atoms with Crippen molar-refractivity contribution < 1.29 is 9.53 Å². The molecule has 1 atom stereocenters. The lowest BCUT2D eigenvalue weighted by atomic mass is 9.95. The molecule has 22 heavy (non-hydrogen) atoms. The number of halogens is 2. The minimum atomic E-state index is -0.249. The first kappa shape index (κ1) is 19.1. The fraction of sp³-hybridized carbons (Fsp3) is 0.562. The maximum absolute atomic E-state index is 12.0. The highest BCUT2D eigenvalue weighted by Crippen LogP contribution is 2.39. The van der Waals surface area contributed by atoms with E-state index >= 15 is 0 Å². The normalized spacial score (nSPS) is 16.3. The topological polar surface area (TPSA) is 64.3 Å². The molecule has 0 aliphatic heterocycles. The van der Waals surface area contributed by atoms with Crippen molar-refractivity contribution in [3.05, 3.63) is 29.3 Å². The van der Waals surface area contributed by atoms with Gasteiger partial charge in [-0.3, -0.25) is 4.79 Å². The van der Waals surface area contributed by atoms with E-state index in [0.29, 0.717) is 42.7 Å². The van der Waals surface area contributed by atoms with Crippen LogP contribution in [-0.4, -0.2) is 24.6 Å². The Morgan fingerprint density at radius 1 is 1.45 bits per heavy atom. The lowest BCUT2D eigenvalue weighted by molar-refractivity contribution is -0.123. The van der Waals surface area contributed by atoms with Crippen molar-refractivity contribution in [3.8, 4) is 5.75 Å². The SMILES string of the molecule is CC(CN)(NC(=O)CCCOc1ccccc1Cl)C1CC1.Cl. The van der Waals surface area contributed by atoms with E-state index in [2.05, 4.69) is 5.32 Å². The van der Waals surface area contributed by atoms with E-state index in [1.165, 1.54) is 0 Å². The van der Waals surface area contributed by atoms with Crippen molar-refractivity contribution in [1.29, 1.82) is 0 Å². The van der Waals surface area contributed by atoms with E-state index in [4.69, 9.17) is 22.1 Å². The van der Waals surface area contributed by atoms with Gasteiger partial charge in [0.15, 0.2) is 0 Å². The second-order valence-electron chi connectivity index (χ2n) is 5.83. The molecule has 0 bridgehead atoms. The standard InChI is InChI=1S/C16H23ClN2O2.ClH/c1-16(11-18,12-8-9-12)19-15(20)7-4-10-21-14-6-3-2-5-13(14)17;/h2-3,5-6,12H,4,7-11,18H2,1H3,(H,19,20);1H. The highest BCUT2D eigenvalue weighted by molar-refractivity contribution is 6.32. The maximum atomic E-state index is 12.0. The first-order chi connectivity index (χ1) is 10.0. The zero-order valence-electron chi connectivity index (χ0n) is 12.8. The van der Waals surface area contributed by atoms with Crippen LogP contribution in [0.1, 0.15) is 32.6 Å². The van der Waals surface area contributed by atoms with E-state index in [9.17, 15) is 4.79 Å². The molecule has 0 aromatic heterocycles. The van der Waals surface area contributed by atoms with E-state index in [0.717, 1.165) is 12.8 Å². The van der Waals surface area contributed by atoms with Crippen LogP contribution < -0.4 is 15.8 Å². The van der Waals surface area contributed by atoms with E-state index in [1.54, 1.807) is 6.07 Å². The van der Waals surface area contributed by atoms with Gasteiger partial charge in [-0.15, -0.1) is 12.4 Å². The molecule has 1 aromatic rings. The highest BCUT2D eigenvalue weighted by atomic mass is 35.5. The van der Waals surface area contributed by atoms with Gasteiger partial charge in [0.25, 0.3) is 0 Å². The van der Waals surface area contributed by atoms with Gasteiger partial charge in [-0.05, 0) is 44.2 Å². The smallest absolute Gasteiger partial charge is 0.220 e. The van der Waals surface area contributed by atoms with Gasteiger partial charge in [-0.25, -0.2) is 0 Å². The maximum Gasteiger partial charge on any atom is 0.220 e. The van der Waals surface area contributed by atoms with Gasteiger partial charge in [-0.2, -0.15) is 0 Å². The Morgan fingerprint density at radius 3 is 2.73 bits per heavy atom. The second kappa shape index (κ2) is 8.61. The van der Waals surface area contributed by atoms with Crippen LogP contribution in [0.3, 0.4) is 0 Å². The van der Waals surface area contributed by atoms with Crippen molar-refractivity contribution in [2.45, 2.75) is 38.1 Å². The summed E-state index contributed by atoms with van der Waals surface area (Å²) in [7, 11) is 0. The molecule has 0 heterocycles. The number of para-hydroxylation sites is 1. The minimum absolute atomic E-state index is 0. The third kappa shape index (κ3) is 5.34. The van der Waals surface area contributed by atoms with Crippen molar-refractivity contribution in [2.75, 3.05) is 13.2 Å². The Bertz CT molecular complexity index is 495. The Morgan fingerprint density at radius 2 is 2.14 bits per heavy atom. The van der Waals surface area contributed by atoms with Gasteiger partial charge in [0.2, 0.25) is 5.91 Å². The molecule has 124 valence electrons. The molecule has 1 aliphatic carbocycles. The van der Waals surface area contributed by atoms with E-state index in [1.807, 2.05) is 25.1 Å². The lowest BCUT2D eigenvalue weighted by Crippen LogP contribution is -2.53. The molecule has 0 saturated heterocycles. The monoisotopic (exact) mass is 346 g/mol. The van der Waals surface area contributed by atoms with Crippen molar-refractivity contribution in [2.24, 2.45) is 11.7 Å². The lowest BCUT2D eigenvalue weighted by Gasteiger charge is -2.29. The molecule has 4 nitrogen and oxygen atoms in total. The third-order valence-electron chi connectivity index (χ3n) is 3.97. The van der Waals surface area contributed by atoms with E-state index in [-0.39, 0.29) is 23.9 Å². The number of hydrogen-bond acceptors (Lipinski definition) is 3. The third-order valence-corrected chi connectivity index (χ3v) is 4.28. The quantitative estimate of drug-likeness (QED) is 0.710. The fourth-order valence-corrected chi connectivity index (χ4v) is 2.59. The molecule has 0 radical (unpaired) electrons. The van der Waals surface area contributed by atoms with Crippen LogP contribution in [0.4, 0.5) is 0 Å². The van der Waals surface area contributed by atoms with Crippen LogP contribution in [0.25, 0.3) is 0 Å². The fourth-order valence-electron chi connectivity index (χ4n) is 2.40. The first-order valence-electron chi connectivity index (χ1n) is 7.43. The van der Waals surface area contributed by atoms with Gasteiger partial charge in [0.1, 0.15) is 5.75 Å². The van der Waals surface area contributed by atoms with Crippen LogP contribution in [0, 0.1) is 5.92 Å². The summed E-state index contributed by atoms with van der Waals surface area (Å²) in [4.78, 5) is 12.0. The molecule has 1 amide bonds. The number of benzene rings is 1. The van der Waals surface area contributed by atoms with Gasteiger partial charge in [0, 0.05) is 13.0 Å². The molecule has 1 aromatic carbocycles. The molecule has 1 aliphatic rings. The molecule has 1 fully saturated rings. The van der Waals surface area contributed by atoms with Crippen LogP contribution in [0.5, 0.6) is 5.75 Å². The predicted octanol–water partition coefficient (Wildman–Crippen LogP) is 3.16. The Kier molecular flexibility index (Phi) is 7.46. The van der Waals surface area contributed by atoms with Gasteiger partial charge >= 0.3 is 0 Å². The summed E-state index contributed by atoms with van der Waals surface area (Å²) < 4.78 is 5.57. The number of amides is 1. The number of carbonyl (C=O) groups is 1. The molecular formula is C16H24Cl2N2O2. The number of carbonyl (C=O) groups excluding carboxylic acids is 1. The largest absolute Gasteiger partial charge is 0.492 e. The molecule has 0 spiro atoms. The summed E-state index contributed by atoms with van der Waals surface area (Å²) in [5, 5.41) is 3.66. The average molecular weight is 347 g/mol. The summed E-state index contributed by atoms with van der Waals surface area (Å²) in [6, 6.07) is 7.33. The Hall–Kier alpha value is -0.970. The molecule has 6 heteroatoms. The van der Waals surface area contributed by atoms with Crippen molar-refractivity contribution >= 4 is 29.9 Å². The van der Waals surface area contributed by atoms with Crippen molar-refractivity contribution in [1.82, 2.24) is 5.32 Å². The first-order valence-corrected chi connectivity index (χ1v) is 7.81. The highest BCUT2D eigenvalue weighted by Gasteiger charge is 2.41. The van der Waals surface area contributed by atoms with Gasteiger partial charge in [0.05, 0.1) is 17.2 Å². The minimum Gasteiger partial charge on any atom is -0.492 e. The number of rotatable bonds is 8. The summed E-state index contributed by atoms with van der Waals surface area (Å²) in [5.74, 6) is 1.23. The van der Waals surface area contributed by atoms with E-state index < -0.39 is 0 Å². The Balaban J connectivity index is 0.00000242. The van der Waals surface area contributed by atoms with Crippen LogP contribution >= 0.6 is 24.0 Å². The summed E-state index contributed by atoms with van der Waals surface area (Å²) in [5.41, 5.74) is 5.54. The molecule has 3 N–H and O–H groups in total. The van der Waals surface area contributed by atoms with Crippen LogP contribution in [-0.2, 0) is 4.79 Å². The molecular weight excluding hydrogens is 323 g/mol. The predicted molar refractivity (Wildman–Crippen MR) is 91.8 cm³/mol. The number of nitrogens with one attached hydrogen (secondary N) is 1. The van der Waals surface area contributed by atoms with Crippen molar-refractivity contribution in [3.63, 3.8) is 0 Å². The summed E-state index contributed by atoms with van der Waals surface area (Å²) >= 11 is 6.00. The number of hydrogen-bond donors (Lipinski definition) is 2. The van der Waals surface area contributed by atoms with Gasteiger partial charge < -0.3 is 15.8 Å². The summed E-state index contributed by atoms with van der Waals surface area (Å²) in [6.07, 6.45) is 3.41. The molecule has 1 unspecified atom stereocenters.